The number of rotatable bonds is 6. The number of hydrogen-bond acceptors (Lipinski definition) is 5. The van der Waals surface area contributed by atoms with Gasteiger partial charge in [0.05, 0.1) is 37.2 Å². The molecule has 0 saturated heterocycles. The number of methoxy groups -OCH3 is 1. The molecular weight excluding hydrogens is 254 g/mol. The lowest BCUT2D eigenvalue weighted by Crippen LogP contribution is -2.10. The van der Waals surface area contributed by atoms with Crippen LogP contribution < -0.4 is 14.8 Å². The van der Waals surface area contributed by atoms with Crippen LogP contribution in [-0.4, -0.2) is 28.3 Å². The topological polar surface area (TPSA) is 91.2 Å². The Kier molecular flexibility index (Phi) is 4.80. The molecule has 2 N–H and O–H groups in total. The highest BCUT2D eigenvalue weighted by Crippen LogP contribution is 2.28. The van der Waals surface area contributed by atoms with Crippen molar-refractivity contribution >= 4 is 21.4 Å². The minimum Gasteiger partial charge on any atom is -0.495 e. The van der Waals surface area contributed by atoms with Crippen molar-refractivity contribution in [1.29, 1.82) is 5.26 Å². The SMILES string of the molecule is COc1ccc(NS(C)(=O)=O)cc1NCCC#N. The highest BCUT2D eigenvalue weighted by molar-refractivity contribution is 7.92. The second kappa shape index (κ2) is 6.12. The third-order valence-electron chi connectivity index (χ3n) is 2.05. The highest BCUT2D eigenvalue weighted by Gasteiger charge is 2.07. The van der Waals surface area contributed by atoms with Crippen molar-refractivity contribution in [3.63, 3.8) is 0 Å². The van der Waals surface area contributed by atoms with E-state index < -0.39 is 10.0 Å². The summed E-state index contributed by atoms with van der Waals surface area (Å²) in [7, 11) is -1.79. The van der Waals surface area contributed by atoms with Crippen LogP contribution in [0.4, 0.5) is 11.4 Å². The predicted octanol–water partition coefficient (Wildman–Crippen LogP) is 1.39. The van der Waals surface area contributed by atoms with Gasteiger partial charge in [-0.25, -0.2) is 8.42 Å². The van der Waals surface area contributed by atoms with E-state index in [4.69, 9.17) is 10.00 Å². The first-order chi connectivity index (χ1) is 8.46. The van der Waals surface area contributed by atoms with E-state index in [0.717, 1.165) is 6.26 Å². The Morgan fingerprint density at radius 1 is 1.44 bits per heavy atom. The summed E-state index contributed by atoms with van der Waals surface area (Å²) in [5.74, 6) is 0.590. The van der Waals surface area contributed by atoms with Crippen LogP contribution in [0.25, 0.3) is 0 Å². The van der Waals surface area contributed by atoms with Gasteiger partial charge in [-0.15, -0.1) is 0 Å². The van der Waals surface area contributed by atoms with E-state index in [1.807, 2.05) is 6.07 Å². The molecular formula is C11H15N3O3S. The average molecular weight is 269 g/mol. The van der Waals surface area contributed by atoms with Gasteiger partial charge in [0, 0.05) is 6.54 Å². The van der Waals surface area contributed by atoms with Crippen LogP contribution in [-0.2, 0) is 10.0 Å². The molecule has 0 heterocycles. The van der Waals surface area contributed by atoms with E-state index in [1.165, 1.54) is 7.11 Å². The van der Waals surface area contributed by atoms with Gasteiger partial charge < -0.3 is 10.1 Å². The molecule has 1 aromatic carbocycles. The fraction of sp³-hybridized carbons (Fsp3) is 0.364. The molecule has 0 unspecified atom stereocenters. The molecule has 0 aliphatic carbocycles. The van der Waals surface area contributed by atoms with Crippen molar-refractivity contribution in [2.24, 2.45) is 0 Å². The molecule has 0 spiro atoms. The van der Waals surface area contributed by atoms with E-state index in [-0.39, 0.29) is 0 Å². The molecule has 0 fully saturated rings. The summed E-state index contributed by atoms with van der Waals surface area (Å²) in [6.07, 6.45) is 1.44. The largest absolute Gasteiger partial charge is 0.495 e. The molecule has 0 amide bonds. The fourth-order valence-electron chi connectivity index (χ4n) is 1.38. The predicted molar refractivity (Wildman–Crippen MR) is 70.2 cm³/mol. The summed E-state index contributed by atoms with van der Waals surface area (Å²) in [5.41, 5.74) is 1.08. The van der Waals surface area contributed by atoms with Gasteiger partial charge in [-0.05, 0) is 18.2 Å². The second-order valence-corrected chi connectivity index (χ2v) is 5.37. The Morgan fingerprint density at radius 3 is 2.72 bits per heavy atom. The lowest BCUT2D eigenvalue weighted by Gasteiger charge is -2.12. The first-order valence-electron chi connectivity index (χ1n) is 5.23. The first-order valence-corrected chi connectivity index (χ1v) is 7.12. The summed E-state index contributed by atoms with van der Waals surface area (Å²) in [4.78, 5) is 0. The molecule has 18 heavy (non-hydrogen) atoms. The van der Waals surface area contributed by atoms with Gasteiger partial charge in [0.1, 0.15) is 5.75 Å². The van der Waals surface area contributed by atoms with Crippen molar-refractivity contribution in [3.8, 4) is 11.8 Å². The van der Waals surface area contributed by atoms with E-state index in [9.17, 15) is 8.42 Å². The molecule has 0 bridgehead atoms. The maximum atomic E-state index is 11.1. The van der Waals surface area contributed by atoms with Crippen LogP contribution in [0.3, 0.4) is 0 Å². The molecule has 6 nitrogen and oxygen atoms in total. The van der Waals surface area contributed by atoms with Gasteiger partial charge in [0.15, 0.2) is 0 Å². The van der Waals surface area contributed by atoms with Crippen LogP contribution in [0.5, 0.6) is 5.75 Å². The molecule has 1 aromatic rings. The minimum atomic E-state index is -3.31. The van der Waals surface area contributed by atoms with E-state index in [1.54, 1.807) is 18.2 Å². The number of ether oxygens (including phenoxy) is 1. The molecule has 0 radical (unpaired) electrons. The fourth-order valence-corrected chi connectivity index (χ4v) is 1.93. The van der Waals surface area contributed by atoms with Crippen molar-refractivity contribution < 1.29 is 13.2 Å². The summed E-state index contributed by atoms with van der Waals surface area (Å²) in [6, 6.07) is 6.90. The monoisotopic (exact) mass is 269 g/mol. The Labute approximate surface area is 107 Å². The van der Waals surface area contributed by atoms with Gasteiger partial charge in [-0.2, -0.15) is 5.26 Å². The maximum Gasteiger partial charge on any atom is 0.229 e. The number of hydrogen-bond donors (Lipinski definition) is 2. The number of sulfonamides is 1. The standard InChI is InChI=1S/C11H15N3O3S/c1-17-11-5-4-9(14-18(2,15)16)8-10(11)13-7-3-6-12/h4-5,8,13-14H,3,7H2,1-2H3. The zero-order chi connectivity index (χ0) is 13.6. The first kappa shape index (κ1) is 14.1. The normalized spacial score (nSPS) is 10.5. The summed E-state index contributed by atoms with van der Waals surface area (Å²) in [5, 5.41) is 11.5. The smallest absolute Gasteiger partial charge is 0.229 e. The zero-order valence-electron chi connectivity index (χ0n) is 10.2. The molecule has 0 aliphatic rings. The Morgan fingerprint density at radius 2 is 2.17 bits per heavy atom. The van der Waals surface area contributed by atoms with Crippen molar-refractivity contribution in [2.75, 3.05) is 29.9 Å². The van der Waals surface area contributed by atoms with Crippen LogP contribution >= 0.6 is 0 Å². The Balaban J connectivity index is 2.91. The van der Waals surface area contributed by atoms with Gasteiger partial charge in [0.25, 0.3) is 0 Å². The molecule has 0 aliphatic heterocycles. The number of nitrogens with zero attached hydrogens (tertiary/aromatic N) is 1. The number of benzene rings is 1. The number of nitriles is 1. The van der Waals surface area contributed by atoms with Crippen molar-refractivity contribution in [1.82, 2.24) is 0 Å². The quantitative estimate of drug-likeness (QED) is 0.761. The van der Waals surface area contributed by atoms with Gasteiger partial charge >= 0.3 is 0 Å². The Hall–Kier alpha value is -1.94. The summed E-state index contributed by atoms with van der Waals surface area (Å²) < 4.78 is 29.8. The third kappa shape index (κ3) is 4.51. The summed E-state index contributed by atoms with van der Waals surface area (Å²) in [6.45, 7) is 0.467. The van der Waals surface area contributed by atoms with Crippen LogP contribution in [0, 0.1) is 11.3 Å². The molecule has 7 heteroatoms. The van der Waals surface area contributed by atoms with Crippen LogP contribution in [0.1, 0.15) is 6.42 Å². The average Bonchev–Trinajstić information content (AvgIpc) is 2.27. The van der Waals surface area contributed by atoms with E-state index >= 15 is 0 Å². The molecule has 0 atom stereocenters. The number of anilines is 2. The second-order valence-electron chi connectivity index (χ2n) is 3.62. The molecule has 1 rings (SSSR count). The zero-order valence-corrected chi connectivity index (χ0v) is 11.0. The van der Waals surface area contributed by atoms with E-state index in [2.05, 4.69) is 10.0 Å². The molecule has 98 valence electrons. The lowest BCUT2D eigenvalue weighted by molar-refractivity contribution is 0.416. The maximum absolute atomic E-state index is 11.1. The van der Waals surface area contributed by atoms with Crippen molar-refractivity contribution in [2.45, 2.75) is 6.42 Å². The van der Waals surface area contributed by atoms with Gasteiger partial charge in [-0.3, -0.25) is 4.72 Å². The highest BCUT2D eigenvalue weighted by atomic mass is 32.2. The molecule has 0 aromatic heterocycles. The Bertz CT molecular complexity index is 549. The van der Waals surface area contributed by atoms with Gasteiger partial charge in [-0.1, -0.05) is 0 Å². The molecule has 0 saturated carbocycles. The van der Waals surface area contributed by atoms with Crippen LogP contribution in [0.2, 0.25) is 0 Å². The lowest BCUT2D eigenvalue weighted by atomic mass is 10.2. The summed E-state index contributed by atoms with van der Waals surface area (Å²) >= 11 is 0. The van der Waals surface area contributed by atoms with Gasteiger partial charge in [0.2, 0.25) is 10.0 Å². The minimum absolute atomic E-state index is 0.354. The van der Waals surface area contributed by atoms with E-state index in [0.29, 0.717) is 30.1 Å². The van der Waals surface area contributed by atoms with Crippen LogP contribution in [0.15, 0.2) is 18.2 Å². The third-order valence-corrected chi connectivity index (χ3v) is 2.66. The number of nitrogens with one attached hydrogen (secondary N) is 2. The van der Waals surface area contributed by atoms with Crippen molar-refractivity contribution in [3.05, 3.63) is 18.2 Å².